The lowest BCUT2D eigenvalue weighted by Gasteiger charge is -2.14. The smallest absolute Gasteiger partial charge is 0.195 e. The van der Waals surface area contributed by atoms with E-state index in [0.29, 0.717) is 37.2 Å². The van der Waals surface area contributed by atoms with Crippen LogP contribution in [0.1, 0.15) is 48.4 Å². The molecule has 2 heterocycles. The Hall–Kier alpha value is -2.97. The van der Waals surface area contributed by atoms with Gasteiger partial charge >= 0.3 is 0 Å². The molecule has 0 saturated heterocycles. The summed E-state index contributed by atoms with van der Waals surface area (Å²) in [4.78, 5) is 21.2. The van der Waals surface area contributed by atoms with Gasteiger partial charge in [-0.15, -0.1) is 0 Å². The largest absolute Gasteiger partial charge is 0.494 e. The summed E-state index contributed by atoms with van der Waals surface area (Å²) in [5.74, 6) is 2.37. The normalized spacial score (nSPS) is 11.5. The Kier molecular flexibility index (Phi) is 7.19. The Morgan fingerprint density at radius 3 is 2.53 bits per heavy atom. The van der Waals surface area contributed by atoms with Gasteiger partial charge in [-0.25, -0.2) is 9.97 Å². The van der Waals surface area contributed by atoms with E-state index in [4.69, 9.17) is 14.5 Å². The lowest BCUT2D eigenvalue weighted by molar-refractivity contribution is 0.1000. The van der Waals surface area contributed by atoms with E-state index in [0.717, 1.165) is 32.5 Å². The summed E-state index contributed by atoms with van der Waals surface area (Å²) >= 11 is 3.79. The van der Waals surface area contributed by atoms with E-state index in [1.54, 1.807) is 26.6 Å². The molecule has 4 rings (SSSR count). The van der Waals surface area contributed by atoms with Gasteiger partial charge in [-0.1, -0.05) is 38.1 Å². The number of rotatable bonds is 9. The van der Waals surface area contributed by atoms with Crippen molar-refractivity contribution < 1.29 is 14.3 Å². The molecule has 0 bridgehead atoms. The zero-order valence-electron chi connectivity index (χ0n) is 20.1. The van der Waals surface area contributed by atoms with Crippen molar-refractivity contribution in [2.24, 2.45) is 0 Å². The molecular formula is C26H29BrN4O3. The predicted octanol–water partition coefficient (Wildman–Crippen LogP) is 5.69. The fourth-order valence-electron chi connectivity index (χ4n) is 4.14. The number of halogens is 1. The number of methoxy groups -OCH3 is 2. The van der Waals surface area contributed by atoms with E-state index >= 15 is 0 Å². The highest BCUT2D eigenvalue weighted by Gasteiger charge is 2.22. The number of ether oxygens (including phenoxy) is 2. The number of carbonyl (C=O) groups excluding carboxylic acids is 1. The van der Waals surface area contributed by atoms with Crippen molar-refractivity contribution in [3.8, 4) is 17.1 Å². The van der Waals surface area contributed by atoms with Crippen LogP contribution in [0.25, 0.3) is 22.4 Å². The number of ketones is 1. The number of imidazole rings is 2. The number of benzene rings is 2. The molecule has 34 heavy (non-hydrogen) atoms. The maximum absolute atomic E-state index is 12.0. The topological polar surface area (TPSA) is 71.2 Å². The van der Waals surface area contributed by atoms with Gasteiger partial charge in [-0.05, 0) is 39.0 Å². The third kappa shape index (κ3) is 4.52. The summed E-state index contributed by atoms with van der Waals surface area (Å²) in [6.07, 6.45) is 3.44. The minimum atomic E-state index is -0.0786. The Bertz CT molecular complexity index is 1320. The highest BCUT2D eigenvalue weighted by Crippen LogP contribution is 2.38. The van der Waals surface area contributed by atoms with Crippen LogP contribution in [0.5, 0.6) is 5.75 Å². The molecule has 0 amide bonds. The number of carbonyl (C=O) groups is 1. The second-order valence-electron chi connectivity index (χ2n) is 8.54. The highest BCUT2D eigenvalue weighted by molar-refractivity contribution is 9.10. The minimum Gasteiger partial charge on any atom is -0.494 e. The van der Waals surface area contributed by atoms with Gasteiger partial charge in [-0.2, -0.15) is 0 Å². The van der Waals surface area contributed by atoms with Crippen molar-refractivity contribution in [3.63, 3.8) is 0 Å². The SMILES string of the molecule is COCCn1c(-c2ccc(C(C)C)cc2)nc2c(Br)c(Cn3ccnc3C(C)=O)cc(OC)c21. The molecule has 4 aromatic rings. The van der Waals surface area contributed by atoms with Crippen LogP contribution < -0.4 is 4.74 Å². The summed E-state index contributed by atoms with van der Waals surface area (Å²) in [5, 5.41) is 0. The first kappa shape index (κ1) is 24.2. The number of aromatic nitrogens is 4. The molecule has 2 aromatic heterocycles. The van der Waals surface area contributed by atoms with Crippen molar-refractivity contribution in [1.29, 1.82) is 0 Å². The molecule has 0 aliphatic carbocycles. The summed E-state index contributed by atoms with van der Waals surface area (Å²) in [5.41, 5.74) is 4.96. The fourth-order valence-corrected chi connectivity index (χ4v) is 4.66. The maximum Gasteiger partial charge on any atom is 0.195 e. The standard InChI is InChI=1S/C26H29BrN4O3/c1-16(2)18-6-8-19(9-7-18)26-29-23-22(27)20(15-30-11-10-28-25(30)17(3)32)14-21(34-5)24(23)31(26)12-13-33-4/h6-11,14,16H,12-13,15H2,1-5H3. The Balaban J connectivity index is 1.89. The summed E-state index contributed by atoms with van der Waals surface area (Å²) in [6, 6.07) is 10.5. The van der Waals surface area contributed by atoms with Gasteiger partial charge in [0.05, 0.1) is 24.7 Å². The second-order valence-corrected chi connectivity index (χ2v) is 9.33. The van der Waals surface area contributed by atoms with Crippen LogP contribution in [0.3, 0.4) is 0 Å². The molecule has 0 saturated carbocycles. The van der Waals surface area contributed by atoms with Gasteiger partial charge in [0.1, 0.15) is 22.6 Å². The monoisotopic (exact) mass is 524 g/mol. The molecule has 2 aromatic carbocycles. The lowest BCUT2D eigenvalue weighted by Crippen LogP contribution is -2.09. The first-order chi connectivity index (χ1) is 16.3. The zero-order valence-corrected chi connectivity index (χ0v) is 21.7. The van der Waals surface area contributed by atoms with Gasteiger partial charge in [0.15, 0.2) is 11.6 Å². The molecular weight excluding hydrogens is 496 g/mol. The fraction of sp³-hybridized carbons (Fsp3) is 0.346. The second kappa shape index (κ2) is 10.1. The zero-order chi connectivity index (χ0) is 24.4. The van der Waals surface area contributed by atoms with Crippen LogP contribution in [0.15, 0.2) is 47.2 Å². The first-order valence-corrected chi connectivity index (χ1v) is 12.0. The average molecular weight is 525 g/mol. The van der Waals surface area contributed by atoms with E-state index in [9.17, 15) is 4.79 Å². The molecule has 0 spiro atoms. The number of hydrogen-bond donors (Lipinski definition) is 0. The summed E-state index contributed by atoms with van der Waals surface area (Å²) < 4.78 is 16.1. The van der Waals surface area contributed by atoms with E-state index in [-0.39, 0.29) is 5.78 Å². The van der Waals surface area contributed by atoms with Gasteiger partial charge in [0.2, 0.25) is 0 Å². The third-order valence-corrected chi connectivity index (χ3v) is 6.83. The van der Waals surface area contributed by atoms with Crippen molar-refractivity contribution >= 4 is 32.7 Å². The number of fused-ring (bicyclic) bond motifs is 1. The van der Waals surface area contributed by atoms with Crippen LogP contribution in [-0.4, -0.2) is 45.7 Å². The molecule has 0 atom stereocenters. The Morgan fingerprint density at radius 1 is 1.18 bits per heavy atom. The van der Waals surface area contributed by atoms with Crippen LogP contribution in [-0.2, 0) is 17.8 Å². The van der Waals surface area contributed by atoms with Crippen molar-refractivity contribution in [1.82, 2.24) is 19.1 Å². The van der Waals surface area contributed by atoms with E-state index in [2.05, 4.69) is 63.6 Å². The summed E-state index contributed by atoms with van der Waals surface area (Å²) in [7, 11) is 3.36. The van der Waals surface area contributed by atoms with Gasteiger partial charge in [0.25, 0.3) is 0 Å². The molecule has 0 fully saturated rings. The van der Waals surface area contributed by atoms with Crippen LogP contribution >= 0.6 is 15.9 Å². The van der Waals surface area contributed by atoms with Crippen LogP contribution in [0, 0.1) is 0 Å². The van der Waals surface area contributed by atoms with E-state index in [1.165, 1.54) is 12.5 Å². The van der Waals surface area contributed by atoms with Crippen LogP contribution in [0.2, 0.25) is 0 Å². The number of nitrogens with zero attached hydrogens (tertiary/aromatic N) is 4. The average Bonchev–Trinajstić information content (AvgIpc) is 3.45. The quantitative estimate of drug-likeness (QED) is 0.263. The predicted molar refractivity (Wildman–Crippen MR) is 137 cm³/mol. The van der Waals surface area contributed by atoms with Crippen LogP contribution in [0.4, 0.5) is 0 Å². The molecule has 0 aliphatic heterocycles. The Morgan fingerprint density at radius 2 is 1.91 bits per heavy atom. The molecule has 0 N–H and O–H groups in total. The molecule has 0 aliphatic rings. The van der Waals surface area contributed by atoms with E-state index < -0.39 is 0 Å². The first-order valence-electron chi connectivity index (χ1n) is 11.2. The minimum absolute atomic E-state index is 0.0786. The van der Waals surface area contributed by atoms with Gasteiger partial charge in [0, 0.05) is 38.5 Å². The lowest BCUT2D eigenvalue weighted by atomic mass is 10.0. The molecule has 8 heteroatoms. The summed E-state index contributed by atoms with van der Waals surface area (Å²) in [6.45, 7) is 7.53. The third-order valence-electron chi connectivity index (χ3n) is 5.94. The molecule has 178 valence electrons. The van der Waals surface area contributed by atoms with Crippen molar-refractivity contribution in [3.05, 3.63) is 64.1 Å². The molecule has 7 nitrogen and oxygen atoms in total. The Labute approximate surface area is 207 Å². The van der Waals surface area contributed by atoms with Crippen molar-refractivity contribution in [2.45, 2.75) is 39.8 Å². The maximum atomic E-state index is 12.0. The van der Waals surface area contributed by atoms with Gasteiger partial charge in [-0.3, -0.25) is 4.79 Å². The molecule has 0 unspecified atom stereocenters. The molecule has 0 radical (unpaired) electrons. The van der Waals surface area contributed by atoms with Gasteiger partial charge < -0.3 is 18.6 Å². The number of hydrogen-bond acceptors (Lipinski definition) is 5. The highest BCUT2D eigenvalue weighted by atomic mass is 79.9. The van der Waals surface area contributed by atoms with Crippen molar-refractivity contribution in [2.75, 3.05) is 20.8 Å². The van der Waals surface area contributed by atoms with E-state index in [1.807, 2.05) is 10.6 Å². The number of Topliss-reactive ketones (excluding diaryl/α,β-unsaturated/α-hetero) is 1.